The molecule has 1 saturated heterocycles. The van der Waals surface area contributed by atoms with E-state index < -0.39 is 0 Å². The SMILES string of the molecule is O=C(COc1ccc(F)cc1)Nc1ccc(C(=O)NCCNC(=O)C2CCCO2)cc1. The number of hydrogen-bond donors (Lipinski definition) is 3. The summed E-state index contributed by atoms with van der Waals surface area (Å²) in [5, 5.41) is 8.10. The van der Waals surface area contributed by atoms with Crippen molar-refractivity contribution in [1.29, 1.82) is 0 Å². The Morgan fingerprint density at radius 3 is 2.39 bits per heavy atom. The molecule has 1 aliphatic rings. The van der Waals surface area contributed by atoms with Crippen LogP contribution >= 0.6 is 0 Å². The second-order valence-corrected chi connectivity index (χ2v) is 6.92. The molecule has 1 aliphatic heterocycles. The van der Waals surface area contributed by atoms with Crippen molar-refractivity contribution in [1.82, 2.24) is 10.6 Å². The van der Waals surface area contributed by atoms with Crippen molar-refractivity contribution < 1.29 is 28.2 Å². The van der Waals surface area contributed by atoms with E-state index in [-0.39, 0.29) is 42.8 Å². The topological polar surface area (TPSA) is 106 Å². The van der Waals surface area contributed by atoms with Crippen LogP contribution in [0.3, 0.4) is 0 Å². The summed E-state index contributed by atoms with van der Waals surface area (Å²) >= 11 is 0. The van der Waals surface area contributed by atoms with E-state index in [1.54, 1.807) is 24.3 Å². The fourth-order valence-corrected chi connectivity index (χ4v) is 2.94. The van der Waals surface area contributed by atoms with Crippen LogP contribution in [0, 0.1) is 5.82 Å². The smallest absolute Gasteiger partial charge is 0.262 e. The van der Waals surface area contributed by atoms with Crippen LogP contribution in [0.15, 0.2) is 48.5 Å². The number of rotatable bonds is 9. The van der Waals surface area contributed by atoms with Gasteiger partial charge in [0, 0.05) is 30.9 Å². The van der Waals surface area contributed by atoms with Crippen LogP contribution in [0.1, 0.15) is 23.2 Å². The third-order valence-corrected chi connectivity index (χ3v) is 4.55. The number of carbonyl (C=O) groups excluding carboxylic acids is 3. The highest BCUT2D eigenvalue weighted by atomic mass is 19.1. The van der Waals surface area contributed by atoms with Crippen LogP contribution in [0.2, 0.25) is 0 Å². The van der Waals surface area contributed by atoms with Gasteiger partial charge < -0.3 is 25.4 Å². The number of ether oxygens (including phenoxy) is 2. The second kappa shape index (κ2) is 11.1. The summed E-state index contributed by atoms with van der Waals surface area (Å²) in [5.41, 5.74) is 0.930. The van der Waals surface area contributed by atoms with Crippen molar-refractivity contribution in [2.75, 3.05) is 31.6 Å². The van der Waals surface area contributed by atoms with Crippen molar-refractivity contribution in [3.05, 3.63) is 59.9 Å². The van der Waals surface area contributed by atoms with Gasteiger partial charge in [-0.3, -0.25) is 14.4 Å². The molecule has 31 heavy (non-hydrogen) atoms. The second-order valence-electron chi connectivity index (χ2n) is 6.92. The number of carbonyl (C=O) groups is 3. The fourth-order valence-electron chi connectivity index (χ4n) is 2.94. The van der Waals surface area contributed by atoms with Gasteiger partial charge in [-0.2, -0.15) is 0 Å². The van der Waals surface area contributed by atoms with Crippen LogP contribution in [0.4, 0.5) is 10.1 Å². The number of amides is 3. The Morgan fingerprint density at radius 1 is 1.00 bits per heavy atom. The molecule has 0 aromatic heterocycles. The molecule has 8 nitrogen and oxygen atoms in total. The summed E-state index contributed by atoms with van der Waals surface area (Å²) in [5.74, 6) is -0.831. The lowest BCUT2D eigenvalue weighted by Crippen LogP contribution is -2.39. The molecule has 164 valence electrons. The zero-order valence-corrected chi connectivity index (χ0v) is 16.9. The summed E-state index contributed by atoms with van der Waals surface area (Å²) in [6, 6.07) is 11.7. The molecule has 2 aromatic rings. The van der Waals surface area contributed by atoms with Gasteiger partial charge in [0.1, 0.15) is 17.7 Å². The molecule has 0 radical (unpaired) electrons. The van der Waals surface area contributed by atoms with E-state index in [9.17, 15) is 18.8 Å². The number of benzene rings is 2. The molecule has 0 spiro atoms. The standard InChI is InChI=1S/C22H24FN3O5/c23-16-5-9-18(10-6-16)31-14-20(27)26-17-7-3-15(4-8-17)21(28)24-11-12-25-22(29)19-2-1-13-30-19/h3-10,19H,1-2,11-14H2,(H,24,28)(H,25,29)(H,26,27). The minimum Gasteiger partial charge on any atom is -0.484 e. The van der Waals surface area contributed by atoms with Crippen molar-refractivity contribution >= 4 is 23.4 Å². The van der Waals surface area contributed by atoms with Crippen LogP contribution in [-0.4, -0.2) is 50.1 Å². The van der Waals surface area contributed by atoms with E-state index in [2.05, 4.69) is 16.0 Å². The van der Waals surface area contributed by atoms with Gasteiger partial charge >= 0.3 is 0 Å². The first kappa shape index (κ1) is 22.2. The maximum Gasteiger partial charge on any atom is 0.262 e. The van der Waals surface area contributed by atoms with Gasteiger partial charge in [0.05, 0.1) is 0 Å². The molecule has 3 N–H and O–H groups in total. The molecular formula is C22H24FN3O5. The normalized spacial score (nSPS) is 15.2. The zero-order chi connectivity index (χ0) is 22.1. The van der Waals surface area contributed by atoms with Gasteiger partial charge in [-0.25, -0.2) is 4.39 Å². The highest BCUT2D eigenvalue weighted by Gasteiger charge is 2.22. The van der Waals surface area contributed by atoms with E-state index in [0.29, 0.717) is 30.2 Å². The predicted octanol–water partition coefficient (Wildman–Crippen LogP) is 1.87. The summed E-state index contributed by atoms with van der Waals surface area (Å²) in [7, 11) is 0. The van der Waals surface area contributed by atoms with Gasteiger partial charge in [-0.15, -0.1) is 0 Å². The average Bonchev–Trinajstić information content (AvgIpc) is 3.32. The number of anilines is 1. The van der Waals surface area contributed by atoms with Gasteiger partial charge in [-0.1, -0.05) is 0 Å². The molecular weight excluding hydrogens is 405 g/mol. The lowest BCUT2D eigenvalue weighted by atomic mass is 10.2. The van der Waals surface area contributed by atoms with Crippen LogP contribution in [-0.2, 0) is 14.3 Å². The molecule has 0 bridgehead atoms. The lowest BCUT2D eigenvalue weighted by Gasteiger charge is -2.11. The van der Waals surface area contributed by atoms with E-state index in [1.807, 2.05) is 0 Å². The Labute approximate surface area is 179 Å². The van der Waals surface area contributed by atoms with E-state index in [0.717, 1.165) is 12.8 Å². The Hall–Kier alpha value is -3.46. The quantitative estimate of drug-likeness (QED) is 0.528. The molecule has 3 amide bonds. The lowest BCUT2D eigenvalue weighted by molar-refractivity contribution is -0.130. The van der Waals surface area contributed by atoms with Crippen molar-refractivity contribution in [2.24, 2.45) is 0 Å². The largest absolute Gasteiger partial charge is 0.484 e. The fraction of sp³-hybridized carbons (Fsp3) is 0.318. The van der Waals surface area contributed by atoms with Crippen LogP contribution in [0.25, 0.3) is 0 Å². The number of hydrogen-bond acceptors (Lipinski definition) is 5. The van der Waals surface area contributed by atoms with E-state index in [1.165, 1.54) is 24.3 Å². The molecule has 0 aliphatic carbocycles. The van der Waals surface area contributed by atoms with Gasteiger partial charge in [0.15, 0.2) is 6.61 Å². The zero-order valence-electron chi connectivity index (χ0n) is 16.9. The number of halogens is 1. The summed E-state index contributed by atoms with van der Waals surface area (Å²) in [4.78, 5) is 36.0. The highest BCUT2D eigenvalue weighted by Crippen LogP contribution is 2.13. The molecule has 1 unspecified atom stereocenters. The molecule has 2 aromatic carbocycles. The van der Waals surface area contributed by atoms with E-state index in [4.69, 9.17) is 9.47 Å². The maximum absolute atomic E-state index is 12.9. The van der Waals surface area contributed by atoms with Crippen LogP contribution < -0.4 is 20.7 Å². The first-order chi connectivity index (χ1) is 15.0. The predicted molar refractivity (Wildman–Crippen MR) is 111 cm³/mol. The third-order valence-electron chi connectivity index (χ3n) is 4.55. The summed E-state index contributed by atoms with van der Waals surface area (Å²) in [6.07, 6.45) is 1.21. The molecule has 0 saturated carbocycles. The maximum atomic E-state index is 12.9. The Bertz CT molecular complexity index is 896. The minimum atomic E-state index is -0.389. The molecule has 1 heterocycles. The average molecular weight is 429 g/mol. The van der Waals surface area contributed by atoms with Crippen molar-refractivity contribution in [3.63, 3.8) is 0 Å². The highest BCUT2D eigenvalue weighted by molar-refractivity contribution is 5.96. The van der Waals surface area contributed by atoms with E-state index >= 15 is 0 Å². The van der Waals surface area contributed by atoms with Crippen LogP contribution in [0.5, 0.6) is 5.75 Å². The van der Waals surface area contributed by atoms with Gasteiger partial charge in [0.2, 0.25) is 5.91 Å². The third kappa shape index (κ3) is 7.07. The Balaban J connectivity index is 1.36. The molecule has 9 heteroatoms. The molecule has 3 rings (SSSR count). The molecule has 1 fully saturated rings. The Morgan fingerprint density at radius 2 is 1.71 bits per heavy atom. The van der Waals surface area contributed by atoms with Crippen molar-refractivity contribution in [2.45, 2.75) is 18.9 Å². The number of nitrogens with one attached hydrogen (secondary N) is 3. The van der Waals surface area contributed by atoms with Crippen molar-refractivity contribution in [3.8, 4) is 5.75 Å². The first-order valence-electron chi connectivity index (χ1n) is 9.97. The summed E-state index contributed by atoms with van der Waals surface area (Å²) < 4.78 is 23.4. The van der Waals surface area contributed by atoms with Gasteiger partial charge in [-0.05, 0) is 61.4 Å². The first-order valence-corrected chi connectivity index (χ1v) is 9.97. The Kier molecular flexibility index (Phi) is 7.94. The minimum absolute atomic E-state index is 0.157. The monoisotopic (exact) mass is 429 g/mol. The summed E-state index contributed by atoms with van der Waals surface area (Å²) in [6.45, 7) is 0.973. The molecule has 1 atom stereocenters. The van der Waals surface area contributed by atoms with Gasteiger partial charge in [0.25, 0.3) is 11.8 Å².